The van der Waals surface area contributed by atoms with Gasteiger partial charge in [0.25, 0.3) is 22.7 Å². The molecule has 0 unspecified atom stereocenters. The molecule has 0 aliphatic rings. The summed E-state index contributed by atoms with van der Waals surface area (Å²) in [6.07, 6.45) is 0. The number of para-hydroxylation sites is 4. The van der Waals surface area contributed by atoms with Crippen molar-refractivity contribution in [2.45, 2.75) is 0 Å². The SMILES string of the molecule is O=[N+]([O-])c1cc([N+](=O)[O-])c2cc1[nH]c1ccccc1[nH]c1cc([nH]c3ccccc3[nH]2)c([N+](=O)[O-])cc1[N+](=O)[O-]. The summed E-state index contributed by atoms with van der Waals surface area (Å²) >= 11 is 0. The van der Waals surface area contributed by atoms with E-state index in [9.17, 15) is 40.5 Å². The summed E-state index contributed by atoms with van der Waals surface area (Å²) in [5.41, 5.74) is -1.86. The zero-order chi connectivity index (χ0) is 28.6. The number of aromatic amines is 4. The van der Waals surface area contributed by atoms with E-state index in [1.807, 2.05) is 0 Å². The van der Waals surface area contributed by atoms with Crippen LogP contribution >= 0.6 is 0 Å². The molecule has 0 aliphatic heterocycles. The average Bonchev–Trinajstić information content (AvgIpc) is 2.90. The Morgan fingerprint density at radius 2 is 0.600 bits per heavy atom. The van der Waals surface area contributed by atoms with Crippen LogP contribution in [0.2, 0.25) is 0 Å². The van der Waals surface area contributed by atoms with Crippen LogP contribution in [0.1, 0.15) is 0 Å². The molecule has 0 saturated heterocycles. The summed E-state index contributed by atoms with van der Waals surface area (Å²) in [4.78, 5) is 55.9. The minimum atomic E-state index is -0.777. The first-order valence-corrected chi connectivity index (χ1v) is 11.3. The van der Waals surface area contributed by atoms with Crippen LogP contribution in [0.3, 0.4) is 0 Å². The Labute approximate surface area is 220 Å². The molecule has 0 aliphatic carbocycles. The first kappa shape index (κ1) is 25.3. The lowest BCUT2D eigenvalue weighted by molar-refractivity contribution is -0.392. The molecule has 5 rings (SSSR count). The third-order valence-corrected chi connectivity index (χ3v) is 5.95. The number of aromatic nitrogens is 4. The molecule has 4 aromatic carbocycles. The Kier molecular flexibility index (Phi) is 6.24. The molecular weight excluding hydrogens is 528 g/mol. The van der Waals surface area contributed by atoms with Crippen LogP contribution in [0.15, 0.2) is 72.8 Å². The second-order valence-corrected chi connectivity index (χ2v) is 8.39. The van der Waals surface area contributed by atoms with Gasteiger partial charge in [0.1, 0.15) is 22.1 Å². The lowest BCUT2D eigenvalue weighted by atomic mass is 10.2. The topological polar surface area (TPSA) is 236 Å². The van der Waals surface area contributed by atoms with Crippen molar-refractivity contribution in [2.75, 3.05) is 0 Å². The van der Waals surface area contributed by atoms with E-state index in [0.717, 1.165) is 12.1 Å². The number of non-ortho nitro benzene ring substituents is 4. The molecule has 16 heteroatoms. The summed E-state index contributed by atoms with van der Waals surface area (Å²) < 4.78 is 0. The van der Waals surface area contributed by atoms with Gasteiger partial charge in [0.05, 0.1) is 53.9 Å². The van der Waals surface area contributed by atoms with E-state index < -0.39 is 42.4 Å². The Balaban J connectivity index is 2.14. The van der Waals surface area contributed by atoms with Crippen molar-refractivity contribution in [3.63, 3.8) is 0 Å². The molecule has 1 aromatic heterocycles. The third-order valence-electron chi connectivity index (χ3n) is 5.95. The van der Waals surface area contributed by atoms with Gasteiger partial charge in [-0.2, -0.15) is 0 Å². The van der Waals surface area contributed by atoms with Crippen molar-refractivity contribution in [3.8, 4) is 0 Å². The Morgan fingerprint density at radius 3 is 0.800 bits per heavy atom. The van der Waals surface area contributed by atoms with Crippen molar-refractivity contribution >= 4 is 66.9 Å². The molecule has 16 nitrogen and oxygen atoms in total. The minimum absolute atomic E-state index is 0.103. The van der Waals surface area contributed by atoms with Gasteiger partial charge in [-0.1, -0.05) is 24.3 Å². The predicted molar refractivity (Wildman–Crippen MR) is 145 cm³/mol. The maximum Gasteiger partial charge on any atom is 0.299 e. The van der Waals surface area contributed by atoms with Crippen molar-refractivity contribution < 1.29 is 19.7 Å². The number of benzene rings is 4. The largest absolute Gasteiger partial charge is 0.348 e. The second kappa shape index (κ2) is 9.86. The van der Waals surface area contributed by atoms with Crippen LogP contribution in [-0.4, -0.2) is 39.6 Å². The molecule has 4 bridgehead atoms. The Bertz CT molecular complexity index is 1770. The summed E-state index contributed by atoms with van der Waals surface area (Å²) in [7, 11) is 0. The highest BCUT2D eigenvalue weighted by Crippen LogP contribution is 2.31. The lowest BCUT2D eigenvalue weighted by Gasteiger charge is -2.03. The van der Waals surface area contributed by atoms with Crippen molar-refractivity contribution in [1.29, 1.82) is 0 Å². The van der Waals surface area contributed by atoms with Crippen LogP contribution in [0.25, 0.3) is 44.1 Å². The van der Waals surface area contributed by atoms with E-state index in [1.165, 1.54) is 36.4 Å². The average molecular weight is 544 g/mol. The monoisotopic (exact) mass is 544 g/mol. The molecular formula is C24H16N8O8. The molecule has 200 valence electrons. The quantitative estimate of drug-likeness (QED) is 0.153. The molecule has 0 fully saturated rings. The van der Waals surface area contributed by atoms with Gasteiger partial charge < -0.3 is 19.9 Å². The van der Waals surface area contributed by atoms with E-state index in [1.54, 1.807) is 24.3 Å². The summed E-state index contributed by atoms with van der Waals surface area (Å²) in [5.74, 6) is 0. The smallest absolute Gasteiger partial charge is 0.299 e. The van der Waals surface area contributed by atoms with Crippen LogP contribution in [-0.2, 0) is 0 Å². The summed E-state index contributed by atoms with van der Waals surface area (Å²) in [5, 5.41) is 47.5. The summed E-state index contributed by atoms with van der Waals surface area (Å²) in [6, 6.07) is 16.5. The van der Waals surface area contributed by atoms with Gasteiger partial charge in [0, 0.05) is 0 Å². The second-order valence-electron chi connectivity index (χ2n) is 8.39. The van der Waals surface area contributed by atoms with Gasteiger partial charge in [0.15, 0.2) is 0 Å². The first-order valence-electron chi connectivity index (χ1n) is 11.3. The van der Waals surface area contributed by atoms with Gasteiger partial charge in [0.2, 0.25) is 0 Å². The molecule has 0 atom stereocenters. The number of nitro benzene ring substituents is 4. The van der Waals surface area contributed by atoms with E-state index >= 15 is 0 Å². The standard InChI is InChI=1S/C24H16N8O8/c33-29(34)21-11-23(31(37)38)19-9-17(21)25-13-5-1-2-6-14(13)26-18-10-20(24(32(39)40)12-22(18)30(35)36)28-16-8-4-3-7-15(16)27-19/h1-12,25-28H. The van der Waals surface area contributed by atoms with E-state index in [4.69, 9.17) is 0 Å². The molecule has 0 amide bonds. The van der Waals surface area contributed by atoms with Gasteiger partial charge in [-0.25, -0.2) is 0 Å². The maximum atomic E-state index is 11.9. The minimum Gasteiger partial charge on any atom is -0.348 e. The molecule has 40 heavy (non-hydrogen) atoms. The van der Waals surface area contributed by atoms with Crippen molar-refractivity contribution in [3.05, 3.63) is 113 Å². The number of nitrogens with zero attached hydrogens (tertiary/aromatic N) is 4. The number of rotatable bonds is 4. The summed E-state index contributed by atoms with van der Waals surface area (Å²) in [6.45, 7) is 0. The van der Waals surface area contributed by atoms with E-state index in [2.05, 4.69) is 19.9 Å². The van der Waals surface area contributed by atoms with Gasteiger partial charge >= 0.3 is 0 Å². The first-order chi connectivity index (χ1) is 19.1. The van der Waals surface area contributed by atoms with Crippen LogP contribution < -0.4 is 0 Å². The maximum absolute atomic E-state index is 11.9. The molecule has 0 radical (unpaired) electrons. The Hall–Kier alpha value is -6.32. The normalized spacial score (nSPS) is 10.8. The van der Waals surface area contributed by atoms with Crippen LogP contribution in [0, 0.1) is 40.5 Å². The zero-order valence-corrected chi connectivity index (χ0v) is 20.0. The van der Waals surface area contributed by atoms with Crippen LogP contribution in [0.4, 0.5) is 22.7 Å². The molecule has 1 heterocycles. The fraction of sp³-hybridized carbons (Fsp3) is 0. The van der Waals surface area contributed by atoms with E-state index in [0.29, 0.717) is 0 Å². The Morgan fingerprint density at radius 1 is 0.375 bits per heavy atom. The zero-order valence-electron chi connectivity index (χ0n) is 20.0. The molecule has 4 N–H and O–H groups in total. The van der Waals surface area contributed by atoms with Crippen molar-refractivity contribution in [1.82, 2.24) is 19.9 Å². The van der Waals surface area contributed by atoms with Gasteiger partial charge in [-0.15, -0.1) is 0 Å². The molecule has 0 saturated carbocycles. The van der Waals surface area contributed by atoms with Crippen LogP contribution in [0.5, 0.6) is 0 Å². The molecule has 0 spiro atoms. The van der Waals surface area contributed by atoms with E-state index in [-0.39, 0.29) is 44.1 Å². The number of hydrogen-bond donors (Lipinski definition) is 4. The predicted octanol–water partition coefficient (Wildman–Crippen LogP) is 6.06. The van der Waals surface area contributed by atoms with Gasteiger partial charge in [-0.05, 0) is 36.4 Å². The van der Waals surface area contributed by atoms with Gasteiger partial charge in [-0.3, -0.25) is 40.5 Å². The lowest BCUT2D eigenvalue weighted by Crippen LogP contribution is -1.97. The highest BCUT2D eigenvalue weighted by atomic mass is 16.6. The highest BCUT2D eigenvalue weighted by Gasteiger charge is 2.22. The fourth-order valence-corrected chi connectivity index (χ4v) is 4.14. The third kappa shape index (κ3) is 4.70. The molecule has 5 aromatic rings. The number of hydrogen-bond acceptors (Lipinski definition) is 8. The number of H-pyrrole nitrogens is 4. The fourth-order valence-electron chi connectivity index (χ4n) is 4.14. The number of nitrogens with one attached hydrogen (secondary N) is 4. The van der Waals surface area contributed by atoms with Crippen molar-refractivity contribution in [2.24, 2.45) is 0 Å². The highest BCUT2D eigenvalue weighted by molar-refractivity contribution is 5.88. The number of fused-ring (bicyclic) bond motifs is 6. The number of nitro groups is 4.